The van der Waals surface area contributed by atoms with Crippen LogP contribution in [0, 0.1) is 0 Å². The maximum absolute atomic E-state index is 11.8. The quantitative estimate of drug-likeness (QED) is 0.0572. The Morgan fingerprint density at radius 3 is 0.838 bits per heavy atom. The average Bonchev–Trinajstić information content (AvgIpc) is 2.83. The Morgan fingerprint density at radius 2 is 0.676 bits per heavy atom. The molecule has 0 fully saturated rings. The number of hydrogen-bond acceptors (Lipinski definition) is 12. The fourth-order valence-corrected chi connectivity index (χ4v) is 50.0. The third kappa shape index (κ3) is 17.3. The summed E-state index contributed by atoms with van der Waals surface area (Å²) >= 11 is -3.31. The van der Waals surface area contributed by atoms with Crippen LogP contribution in [0.25, 0.3) is 0 Å². The van der Waals surface area contributed by atoms with Crippen LogP contribution >= 0.6 is 35.8 Å². The molecule has 0 rings (SSSR count). The van der Waals surface area contributed by atoms with E-state index in [-0.39, 0.29) is 26.4 Å². The van der Waals surface area contributed by atoms with Gasteiger partial charge in [0.2, 0.25) is 0 Å². The fourth-order valence-electron chi connectivity index (χ4n) is 1.95. The zero-order valence-corrected chi connectivity index (χ0v) is 28.0. The molecule has 0 N–H and O–H groups in total. The van der Waals surface area contributed by atoms with Gasteiger partial charge in [-0.3, -0.25) is 0 Å². The van der Waals surface area contributed by atoms with E-state index in [1.54, 1.807) is 63.5 Å². The van der Waals surface area contributed by atoms with E-state index in [0.29, 0.717) is 45.3 Å². The van der Waals surface area contributed by atoms with Gasteiger partial charge in [0, 0.05) is 0 Å². The Labute approximate surface area is 234 Å². The Hall–Kier alpha value is -0.961. The number of ether oxygens (including phenoxy) is 4. The van der Waals surface area contributed by atoms with E-state index in [0.717, 1.165) is 0 Å². The van der Waals surface area contributed by atoms with Crippen LogP contribution < -0.4 is 0 Å². The molecule has 0 saturated carbocycles. The van der Waals surface area contributed by atoms with Gasteiger partial charge in [-0.1, -0.05) is 0 Å². The molecule has 0 aromatic rings. The summed E-state index contributed by atoms with van der Waals surface area (Å²) in [5.74, 6) is 0.461. The zero-order chi connectivity index (χ0) is 28.4. The first-order valence-electron chi connectivity index (χ1n) is 11.2. The van der Waals surface area contributed by atoms with Gasteiger partial charge in [0.05, 0.1) is 0 Å². The Morgan fingerprint density at radius 1 is 0.486 bits per heavy atom. The van der Waals surface area contributed by atoms with Crippen molar-refractivity contribution in [2.24, 2.45) is 0 Å². The number of esters is 4. The van der Waals surface area contributed by atoms with Gasteiger partial charge in [-0.25, -0.2) is 0 Å². The number of carbonyl (C=O) groups excluding carboxylic acids is 4. The monoisotopic (exact) mass is 700 g/mol. The molecule has 0 unspecified atom stereocenters. The number of carbonyl (C=O) groups is 4. The van der Waals surface area contributed by atoms with E-state index < -0.39 is 36.7 Å². The van der Waals surface area contributed by atoms with Crippen molar-refractivity contribution in [1.82, 2.24) is 0 Å². The zero-order valence-electron chi connectivity index (χ0n) is 21.9. The molecule has 0 aromatic carbocycles. The van der Waals surface area contributed by atoms with Gasteiger partial charge in [-0.2, -0.15) is 0 Å². The normalized spacial score (nSPS) is 10.7. The average molecular weight is 700 g/mol. The van der Waals surface area contributed by atoms with Gasteiger partial charge in [0.1, 0.15) is 0 Å². The van der Waals surface area contributed by atoms with Crippen LogP contribution in [0.15, 0.2) is 48.6 Å². The Balaban J connectivity index is 5.37. The summed E-state index contributed by atoms with van der Waals surface area (Å²) in [7, 11) is 6.94. The second-order valence-electron chi connectivity index (χ2n) is 7.56. The first kappa shape index (κ1) is 36.0. The molecule has 8 nitrogen and oxygen atoms in total. The molecule has 37 heavy (non-hydrogen) atoms. The molecular weight excluding hydrogens is 663 g/mol. The molecule has 0 bridgehead atoms. The molecule has 208 valence electrons. The molecule has 0 aliphatic rings. The molecule has 0 aliphatic carbocycles. The van der Waals surface area contributed by atoms with Gasteiger partial charge in [0.25, 0.3) is 0 Å². The van der Waals surface area contributed by atoms with Crippen molar-refractivity contribution in [2.45, 2.75) is 27.7 Å². The maximum atomic E-state index is 11.8. The molecule has 0 atom stereocenters. The number of rotatable bonds is 20. The first-order chi connectivity index (χ1) is 17.3. The van der Waals surface area contributed by atoms with Crippen molar-refractivity contribution in [1.29, 1.82) is 0 Å². The Bertz CT molecular complexity index is 733. The first-order valence-corrected chi connectivity index (χ1v) is 29.1. The molecule has 0 saturated heterocycles. The predicted molar refractivity (Wildman–Crippen MR) is 159 cm³/mol. The van der Waals surface area contributed by atoms with Gasteiger partial charge in [-0.15, -0.1) is 0 Å². The van der Waals surface area contributed by atoms with E-state index in [4.69, 9.17) is 18.9 Å². The van der Waals surface area contributed by atoms with Crippen LogP contribution in [0.1, 0.15) is 27.7 Å². The van der Waals surface area contributed by atoms with Crippen molar-refractivity contribution in [3.63, 3.8) is 0 Å². The van der Waals surface area contributed by atoms with Gasteiger partial charge in [0.15, 0.2) is 0 Å². The summed E-state index contributed by atoms with van der Waals surface area (Å²) in [6.45, 7) is 21.6. The van der Waals surface area contributed by atoms with E-state index in [2.05, 4.69) is 26.3 Å². The minimum atomic E-state index is -3.31. The van der Waals surface area contributed by atoms with Crippen LogP contribution in [0.2, 0.25) is 0 Å². The second-order valence-corrected chi connectivity index (χ2v) is 49.9. The number of hydrogen-bond donors (Lipinski definition) is 0. The minimum absolute atomic E-state index is 0.219. The van der Waals surface area contributed by atoms with Crippen molar-refractivity contribution in [3.05, 3.63) is 48.6 Å². The molecule has 0 aliphatic heterocycles. The van der Waals surface area contributed by atoms with Crippen LogP contribution in [0.3, 0.4) is 0 Å². The summed E-state index contributed by atoms with van der Waals surface area (Å²) in [6.07, 6.45) is 0. The van der Waals surface area contributed by atoms with E-state index in [1.807, 2.05) is 0 Å². The molecule has 0 amide bonds. The van der Waals surface area contributed by atoms with Crippen molar-refractivity contribution in [3.8, 4) is 0 Å². The molecule has 0 aromatic heterocycles. The molecule has 0 heterocycles. The standard InChI is InChI=1S/4C6H10O2S.Sn/c4*1-5(2)6(7)8-3-4-9;/h4*9H,1,3-4H2,2H3;/q;;;;+4/p-4. The summed E-state index contributed by atoms with van der Waals surface area (Å²) < 4.78 is 21.0. The summed E-state index contributed by atoms with van der Waals surface area (Å²) in [6, 6.07) is 0. The second kappa shape index (κ2) is 20.0. The van der Waals surface area contributed by atoms with Crippen LogP contribution in [-0.4, -0.2) is 86.2 Å². The molecule has 0 spiro atoms. The summed E-state index contributed by atoms with van der Waals surface area (Å²) in [5, 5.41) is 0. The van der Waals surface area contributed by atoms with Crippen LogP contribution in [0.4, 0.5) is 0 Å². The van der Waals surface area contributed by atoms with E-state index in [1.165, 1.54) is 0 Å². The SMILES string of the molecule is C=C(C)C(=O)OCC[S][Sn]([S]CCOC(=O)C(=C)C)([S]CCOC(=O)C(=C)C)[S]CCOC(=O)C(=C)C. The Kier molecular flexibility index (Phi) is 19.5. The van der Waals surface area contributed by atoms with Gasteiger partial charge >= 0.3 is 236 Å². The van der Waals surface area contributed by atoms with Gasteiger partial charge < -0.3 is 0 Å². The molecule has 0 radical (unpaired) electrons. The van der Waals surface area contributed by atoms with Crippen LogP contribution in [0.5, 0.6) is 0 Å². The summed E-state index contributed by atoms with van der Waals surface area (Å²) in [4.78, 5) is 47.0. The van der Waals surface area contributed by atoms with E-state index in [9.17, 15) is 19.2 Å². The predicted octanol–water partition coefficient (Wildman–Crippen LogP) is 4.83. The summed E-state index contributed by atoms with van der Waals surface area (Å²) in [5.41, 5.74) is 1.32. The van der Waals surface area contributed by atoms with Crippen molar-refractivity contribution < 1.29 is 38.1 Å². The molecule has 13 heteroatoms. The van der Waals surface area contributed by atoms with Crippen molar-refractivity contribution >= 4 is 72.5 Å². The van der Waals surface area contributed by atoms with Gasteiger partial charge in [-0.05, 0) is 0 Å². The molecular formula is C24H36O8S4Sn. The van der Waals surface area contributed by atoms with Crippen molar-refractivity contribution in [2.75, 3.05) is 49.4 Å². The van der Waals surface area contributed by atoms with E-state index >= 15 is 0 Å². The fraction of sp³-hybridized carbons (Fsp3) is 0.500. The third-order valence-electron chi connectivity index (χ3n) is 3.78. The van der Waals surface area contributed by atoms with Crippen LogP contribution in [-0.2, 0) is 38.1 Å². The third-order valence-corrected chi connectivity index (χ3v) is 54.2. The topological polar surface area (TPSA) is 105 Å².